The highest BCUT2D eigenvalue weighted by Gasteiger charge is 2.22. The molecule has 1 atom stereocenters. The van der Waals surface area contributed by atoms with E-state index >= 15 is 0 Å². The van der Waals surface area contributed by atoms with Crippen molar-refractivity contribution in [2.24, 2.45) is 5.92 Å². The molecule has 1 aromatic rings. The number of hydrogen-bond donors (Lipinski definition) is 1. The molecule has 0 spiro atoms. The molecule has 4 heteroatoms. The van der Waals surface area contributed by atoms with E-state index < -0.39 is 6.10 Å². The van der Waals surface area contributed by atoms with E-state index in [0.29, 0.717) is 0 Å². The van der Waals surface area contributed by atoms with E-state index in [2.05, 4.69) is 45.9 Å². The van der Waals surface area contributed by atoms with Crippen molar-refractivity contribution in [2.75, 3.05) is 38.6 Å². The Balaban J connectivity index is 2.08. The van der Waals surface area contributed by atoms with Crippen LogP contribution < -0.4 is 4.90 Å². The standard InChI is InChI=1S/C16H25BrN2O/c1-12(20)15-5-4-14(17)10-16(15)19-8-6-13(7-9-19)11-18(2)3/h4-5,10,12-13,20H,6-9,11H2,1-3H3. The van der Waals surface area contributed by atoms with Crippen LogP contribution in [-0.2, 0) is 0 Å². The normalized spacial score (nSPS) is 18.6. The predicted molar refractivity (Wildman–Crippen MR) is 88.3 cm³/mol. The molecule has 0 saturated carbocycles. The van der Waals surface area contributed by atoms with Crippen molar-refractivity contribution in [3.05, 3.63) is 28.2 Å². The highest BCUT2D eigenvalue weighted by molar-refractivity contribution is 9.10. The Morgan fingerprint density at radius 2 is 2.00 bits per heavy atom. The van der Waals surface area contributed by atoms with Gasteiger partial charge >= 0.3 is 0 Å². The van der Waals surface area contributed by atoms with Crippen molar-refractivity contribution in [1.82, 2.24) is 4.90 Å². The summed E-state index contributed by atoms with van der Waals surface area (Å²) in [5, 5.41) is 9.95. The summed E-state index contributed by atoms with van der Waals surface area (Å²) >= 11 is 3.54. The minimum Gasteiger partial charge on any atom is -0.389 e. The van der Waals surface area contributed by atoms with Gasteiger partial charge in [0.2, 0.25) is 0 Å². The maximum absolute atomic E-state index is 9.95. The van der Waals surface area contributed by atoms with Crippen LogP contribution in [0.3, 0.4) is 0 Å². The summed E-state index contributed by atoms with van der Waals surface area (Å²) < 4.78 is 1.08. The van der Waals surface area contributed by atoms with Crippen LogP contribution in [0.1, 0.15) is 31.4 Å². The molecule has 0 aliphatic carbocycles. The summed E-state index contributed by atoms with van der Waals surface area (Å²) in [5.41, 5.74) is 2.21. The summed E-state index contributed by atoms with van der Waals surface area (Å²) in [7, 11) is 4.29. The fraction of sp³-hybridized carbons (Fsp3) is 0.625. The molecule has 0 amide bonds. The van der Waals surface area contributed by atoms with Crippen LogP contribution in [0.5, 0.6) is 0 Å². The highest BCUT2D eigenvalue weighted by Crippen LogP contribution is 2.32. The number of halogens is 1. The molecule has 0 radical (unpaired) electrons. The lowest BCUT2D eigenvalue weighted by Gasteiger charge is -2.36. The number of nitrogens with zero attached hydrogens (tertiary/aromatic N) is 2. The van der Waals surface area contributed by atoms with E-state index in [-0.39, 0.29) is 0 Å². The lowest BCUT2D eigenvalue weighted by atomic mass is 9.95. The van der Waals surface area contributed by atoms with Gasteiger partial charge in [0.15, 0.2) is 0 Å². The van der Waals surface area contributed by atoms with Crippen LogP contribution in [0.4, 0.5) is 5.69 Å². The van der Waals surface area contributed by atoms with E-state index in [1.807, 2.05) is 19.1 Å². The lowest BCUT2D eigenvalue weighted by Crippen LogP contribution is -2.37. The largest absolute Gasteiger partial charge is 0.389 e. The second-order valence-corrected chi connectivity index (χ2v) is 6.99. The van der Waals surface area contributed by atoms with E-state index in [0.717, 1.165) is 29.0 Å². The number of aliphatic hydroxyl groups is 1. The minimum atomic E-state index is -0.419. The molecule has 1 aromatic carbocycles. The molecule has 2 rings (SSSR count). The molecule has 1 fully saturated rings. The van der Waals surface area contributed by atoms with Gasteiger partial charge in [-0.1, -0.05) is 22.0 Å². The Morgan fingerprint density at radius 3 is 2.55 bits per heavy atom. The zero-order valence-corrected chi connectivity index (χ0v) is 14.2. The van der Waals surface area contributed by atoms with Gasteiger partial charge in [-0.05, 0) is 51.9 Å². The van der Waals surface area contributed by atoms with Crippen molar-refractivity contribution < 1.29 is 5.11 Å². The second-order valence-electron chi connectivity index (χ2n) is 6.07. The molecular weight excluding hydrogens is 316 g/mol. The molecule has 1 unspecified atom stereocenters. The molecule has 1 N–H and O–H groups in total. The predicted octanol–water partition coefficient (Wildman–Crippen LogP) is 3.28. The Bertz CT molecular complexity index is 440. The molecule has 20 heavy (non-hydrogen) atoms. The molecule has 1 aliphatic rings. The first-order valence-corrected chi connectivity index (χ1v) is 8.14. The van der Waals surface area contributed by atoms with Crippen molar-refractivity contribution in [3.8, 4) is 0 Å². The number of piperidine rings is 1. The summed E-state index contributed by atoms with van der Waals surface area (Å²) in [6.07, 6.45) is 2.03. The molecule has 112 valence electrons. The van der Waals surface area contributed by atoms with Gasteiger partial charge in [-0.3, -0.25) is 0 Å². The van der Waals surface area contributed by atoms with Gasteiger partial charge in [0.05, 0.1) is 6.10 Å². The molecule has 0 bridgehead atoms. The molecular formula is C16H25BrN2O. The topological polar surface area (TPSA) is 26.7 Å². The number of rotatable bonds is 4. The van der Waals surface area contributed by atoms with Gasteiger partial charge in [0.25, 0.3) is 0 Å². The van der Waals surface area contributed by atoms with E-state index in [1.54, 1.807) is 0 Å². The van der Waals surface area contributed by atoms with Crippen LogP contribution in [0, 0.1) is 5.92 Å². The lowest BCUT2D eigenvalue weighted by molar-refractivity contribution is 0.199. The third-order valence-electron chi connectivity index (χ3n) is 4.02. The van der Waals surface area contributed by atoms with E-state index in [9.17, 15) is 5.11 Å². The fourth-order valence-corrected chi connectivity index (χ4v) is 3.37. The number of hydrogen-bond acceptors (Lipinski definition) is 3. The van der Waals surface area contributed by atoms with Crippen LogP contribution in [0.2, 0.25) is 0 Å². The maximum Gasteiger partial charge on any atom is 0.0782 e. The van der Waals surface area contributed by atoms with Crippen LogP contribution in [-0.4, -0.2) is 43.7 Å². The third kappa shape index (κ3) is 3.96. The van der Waals surface area contributed by atoms with Gasteiger partial charge in [0, 0.05) is 35.4 Å². The van der Waals surface area contributed by atoms with E-state index in [1.165, 1.54) is 25.1 Å². The van der Waals surface area contributed by atoms with Crippen molar-refractivity contribution in [3.63, 3.8) is 0 Å². The minimum absolute atomic E-state index is 0.419. The highest BCUT2D eigenvalue weighted by atomic mass is 79.9. The molecule has 1 saturated heterocycles. The zero-order chi connectivity index (χ0) is 14.7. The van der Waals surface area contributed by atoms with Crippen LogP contribution in [0.15, 0.2) is 22.7 Å². The molecule has 0 aromatic heterocycles. The summed E-state index contributed by atoms with van der Waals surface area (Å²) in [6, 6.07) is 6.16. The first-order valence-electron chi connectivity index (χ1n) is 7.34. The van der Waals surface area contributed by atoms with Gasteiger partial charge in [-0.15, -0.1) is 0 Å². The average molecular weight is 341 g/mol. The van der Waals surface area contributed by atoms with Crippen molar-refractivity contribution in [2.45, 2.75) is 25.9 Å². The third-order valence-corrected chi connectivity index (χ3v) is 4.51. The molecule has 3 nitrogen and oxygen atoms in total. The average Bonchev–Trinajstić information content (AvgIpc) is 2.38. The fourth-order valence-electron chi connectivity index (χ4n) is 3.02. The van der Waals surface area contributed by atoms with Crippen molar-refractivity contribution in [1.29, 1.82) is 0 Å². The molecule has 1 aliphatic heterocycles. The summed E-state index contributed by atoms with van der Waals surface area (Å²) in [6.45, 7) is 5.17. The number of benzene rings is 1. The van der Waals surface area contributed by atoms with Gasteiger partial charge in [0.1, 0.15) is 0 Å². The Morgan fingerprint density at radius 1 is 1.35 bits per heavy atom. The van der Waals surface area contributed by atoms with Gasteiger partial charge < -0.3 is 14.9 Å². The number of anilines is 1. The molecule has 1 heterocycles. The SMILES string of the molecule is CC(O)c1ccc(Br)cc1N1CCC(CN(C)C)CC1. The first-order chi connectivity index (χ1) is 9.47. The van der Waals surface area contributed by atoms with Gasteiger partial charge in [-0.25, -0.2) is 0 Å². The zero-order valence-electron chi connectivity index (χ0n) is 12.6. The van der Waals surface area contributed by atoms with E-state index in [4.69, 9.17) is 0 Å². The summed E-state index contributed by atoms with van der Waals surface area (Å²) in [5.74, 6) is 0.795. The smallest absolute Gasteiger partial charge is 0.0782 e. The van der Waals surface area contributed by atoms with Crippen LogP contribution >= 0.6 is 15.9 Å². The monoisotopic (exact) mass is 340 g/mol. The Kier molecular flexibility index (Phi) is 5.47. The second kappa shape index (κ2) is 6.92. The summed E-state index contributed by atoms with van der Waals surface area (Å²) in [4.78, 5) is 4.69. The Labute approximate surface area is 130 Å². The quantitative estimate of drug-likeness (QED) is 0.911. The number of aliphatic hydroxyl groups excluding tert-OH is 1. The Hall–Kier alpha value is -0.580. The van der Waals surface area contributed by atoms with Crippen LogP contribution in [0.25, 0.3) is 0 Å². The van der Waals surface area contributed by atoms with Crippen molar-refractivity contribution >= 4 is 21.6 Å². The van der Waals surface area contributed by atoms with Gasteiger partial charge in [-0.2, -0.15) is 0 Å². The first kappa shape index (κ1) is 15.8. The maximum atomic E-state index is 9.95.